The summed E-state index contributed by atoms with van der Waals surface area (Å²) in [5.41, 5.74) is -0.680. The number of ether oxygens (including phenoxy) is 1. The molecule has 10 nitrogen and oxygen atoms in total. The normalized spacial score (nSPS) is 21.8. The van der Waals surface area contributed by atoms with Crippen molar-refractivity contribution in [2.24, 2.45) is 5.92 Å². The molecule has 2 amide bonds. The maximum absolute atomic E-state index is 13.1. The highest BCUT2D eigenvalue weighted by molar-refractivity contribution is 6.61. The zero-order valence-corrected chi connectivity index (χ0v) is 24.8. The van der Waals surface area contributed by atoms with Gasteiger partial charge in [0.15, 0.2) is 0 Å². The standard InChI is InChI=1S/C27H46BN5O5/c1-18(2)33(23-29-14-21(15-30-23)28-37-26(7,8)27(9,10)38-28)17-20-12-11-13-32(16-20)22(34)19(3)31-24(35)36-25(4,5)6/h14-15,18-20H,11-13,16-17H2,1-10H3,(H,31,35). The lowest BCUT2D eigenvalue weighted by Gasteiger charge is -2.38. The molecule has 3 rings (SSSR count). The Hall–Kier alpha value is -2.40. The van der Waals surface area contributed by atoms with Crippen molar-refractivity contribution >= 4 is 30.5 Å². The van der Waals surface area contributed by atoms with Crippen LogP contribution in [0.4, 0.5) is 10.7 Å². The Bertz CT molecular complexity index is 963. The summed E-state index contributed by atoms with van der Waals surface area (Å²) in [4.78, 5) is 38.6. The molecule has 1 aromatic rings. The number of rotatable bonds is 7. The summed E-state index contributed by atoms with van der Waals surface area (Å²) in [6.45, 7) is 21.4. The van der Waals surface area contributed by atoms with Gasteiger partial charge in [0.2, 0.25) is 11.9 Å². The number of hydrogen-bond donors (Lipinski definition) is 1. The molecule has 1 N–H and O–H groups in total. The molecule has 3 heterocycles. The van der Waals surface area contributed by atoms with Crippen LogP contribution >= 0.6 is 0 Å². The number of nitrogens with one attached hydrogen (secondary N) is 1. The number of piperidine rings is 1. The van der Waals surface area contributed by atoms with E-state index in [0.29, 0.717) is 19.0 Å². The van der Waals surface area contributed by atoms with Gasteiger partial charge in [-0.1, -0.05) is 0 Å². The van der Waals surface area contributed by atoms with Gasteiger partial charge in [0, 0.05) is 43.5 Å². The van der Waals surface area contributed by atoms with Crippen LogP contribution in [0.3, 0.4) is 0 Å². The third-order valence-corrected chi connectivity index (χ3v) is 7.45. The minimum Gasteiger partial charge on any atom is -0.444 e. The third-order valence-electron chi connectivity index (χ3n) is 7.45. The maximum atomic E-state index is 13.1. The van der Waals surface area contributed by atoms with E-state index >= 15 is 0 Å². The zero-order chi connectivity index (χ0) is 28.5. The van der Waals surface area contributed by atoms with E-state index in [1.165, 1.54) is 0 Å². The molecule has 0 saturated carbocycles. The lowest BCUT2D eigenvalue weighted by atomic mass is 9.81. The fraction of sp³-hybridized carbons (Fsp3) is 0.778. The Morgan fingerprint density at radius 3 is 2.26 bits per heavy atom. The van der Waals surface area contributed by atoms with Gasteiger partial charge in [0.1, 0.15) is 11.6 Å². The van der Waals surface area contributed by atoms with Crippen molar-refractivity contribution in [2.45, 2.75) is 111 Å². The van der Waals surface area contributed by atoms with Gasteiger partial charge in [-0.15, -0.1) is 0 Å². The minimum absolute atomic E-state index is 0.0975. The van der Waals surface area contributed by atoms with Gasteiger partial charge in [-0.2, -0.15) is 0 Å². The molecule has 2 aliphatic rings. The van der Waals surface area contributed by atoms with Gasteiger partial charge >= 0.3 is 13.2 Å². The smallest absolute Gasteiger partial charge is 0.444 e. The first-order chi connectivity index (χ1) is 17.5. The van der Waals surface area contributed by atoms with Gasteiger partial charge < -0.3 is 29.2 Å². The number of aromatic nitrogens is 2. The number of carbonyl (C=O) groups excluding carboxylic acids is 2. The second-order valence-corrected chi connectivity index (χ2v) is 12.8. The topological polar surface area (TPSA) is 106 Å². The molecule has 11 heteroatoms. The summed E-state index contributed by atoms with van der Waals surface area (Å²) in [5.74, 6) is 0.804. The molecule has 212 valence electrons. The fourth-order valence-corrected chi connectivity index (χ4v) is 4.62. The summed E-state index contributed by atoms with van der Waals surface area (Å²) in [6, 6.07) is -0.479. The van der Waals surface area contributed by atoms with Crippen molar-refractivity contribution in [1.82, 2.24) is 20.2 Å². The summed E-state index contributed by atoms with van der Waals surface area (Å²) in [6.07, 6.45) is 4.89. The average Bonchev–Trinajstić information content (AvgIpc) is 3.02. The van der Waals surface area contributed by atoms with Crippen LogP contribution in [0.25, 0.3) is 0 Å². The zero-order valence-electron chi connectivity index (χ0n) is 24.8. The first-order valence-corrected chi connectivity index (χ1v) is 13.7. The van der Waals surface area contributed by atoms with E-state index in [9.17, 15) is 9.59 Å². The second-order valence-electron chi connectivity index (χ2n) is 12.8. The number of carbonyl (C=O) groups is 2. The van der Waals surface area contributed by atoms with Crippen LogP contribution in [0.5, 0.6) is 0 Å². The lowest BCUT2D eigenvalue weighted by Crippen LogP contribution is -2.52. The Labute approximate surface area is 228 Å². The largest absolute Gasteiger partial charge is 0.498 e. The van der Waals surface area contributed by atoms with E-state index in [0.717, 1.165) is 24.8 Å². The Morgan fingerprint density at radius 1 is 1.16 bits per heavy atom. The molecule has 2 unspecified atom stereocenters. The molecular formula is C27H46BN5O5. The molecule has 0 aromatic carbocycles. The number of amides is 2. The van der Waals surface area contributed by atoms with Crippen LogP contribution < -0.4 is 15.7 Å². The third kappa shape index (κ3) is 7.37. The van der Waals surface area contributed by atoms with Crippen molar-refractivity contribution in [3.8, 4) is 0 Å². The number of anilines is 1. The first kappa shape index (κ1) is 30.2. The van der Waals surface area contributed by atoms with Crippen LogP contribution in [0.2, 0.25) is 0 Å². The van der Waals surface area contributed by atoms with Gasteiger partial charge in [-0.25, -0.2) is 14.8 Å². The maximum Gasteiger partial charge on any atom is 0.498 e. The van der Waals surface area contributed by atoms with Crippen molar-refractivity contribution < 1.29 is 23.6 Å². The van der Waals surface area contributed by atoms with E-state index in [1.54, 1.807) is 40.1 Å². The van der Waals surface area contributed by atoms with E-state index < -0.39 is 36.1 Å². The highest BCUT2D eigenvalue weighted by atomic mass is 16.7. The van der Waals surface area contributed by atoms with Crippen molar-refractivity contribution in [3.05, 3.63) is 12.4 Å². The quantitative estimate of drug-likeness (QED) is 0.535. The van der Waals surface area contributed by atoms with E-state index in [4.69, 9.17) is 14.0 Å². The summed E-state index contributed by atoms with van der Waals surface area (Å²) in [7, 11) is -0.504. The molecule has 0 bridgehead atoms. The van der Waals surface area contributed by atoms with Gasteiger partial charge in [0.25, 0.3) is 0 Å². The van der Waals surface area contributed by atoms with E-state index in [1.807, 2.05) is 32.6 Å². The van der Waals surface area contributed by atoms with Gasteiger partial charge in [-0.05, 0) is 88.0 Å². The van der Waals surface area contributed by atoms with Crippen LogP contribution in [-0.2, 0) is 18.8 Å². The molecule has 38 heavy (non-hydrogen) atoms. The van der Waals surface area contributed by atoms with Crippen molar-refractivity contribution in [1.29, 1.82) is 0 Å². The summed E-state index contributed by atoms with van der Waals surface area (Å²) in [5, 5.41) is 2.67. The van der Waals surface area contributed by atoms with Crippen LogP contribution in [-0.4, -0.2) is 82.5 Å². The van der Waals surface area contributed by atoms with Crippen molar-refractivity contribution in [2.75, 3.05) is 24.5 Å². The van der Waals surface area contributed by atoms with Crippen LogP contribution in [0, 0.1) is 5.92 Å². The molecule has 0 radical (unpaired) electrons. The molecule has 0 spiro atoms. The predicted octanol–water partition coefficient (Wildman–Crippen LogP) is 3.14. The monoisotopic (exact) mass is 531 g/mol. The molecular weight excluding hydrogens is 485 g/mol. The molecule has 0 aliphatic carbocycles. The summed E-state index contributed by atoms with van der Waals surface area (Å²) < 4.78 is 17.6. The first-order valence-electron chi connectivity index (χ1n) is 13.7. The minimum atomic E-state index is -0.657. The number of likely N-dealkylation sites (tertiary alicyclic amines) is 1. The van der Waals surface area contributed by atoms with E-state index in [2.05, 4.69) is 34.0 Å². The second kappa shape index (κ2) is 11.4. The Kier molecular flexibility index (Phi) is 9.03. The predicted molar refractivity (Wildman–Crippen MR) is 148 cm³/mol. The van der Waals surface area contributed by atoms with Crippen LogP contribution in [0.15, 0.2) is 12.4 Å². The van der Waals surface area contributed by atoms with Crippen molar-refractivity contribution in [3.63, 3.8) is 0 Å². The fourth-order valence-electron chi connectivity index (χ4n) is 4.62. The summed E-state index contributed by atoms with van der Waals surface area (Å²) >= 11 is 0. The average molecular weight is 532 g/mol. The van der Waals surface area contributed by atoms with Gasteiger partial charge in [0.05, 0.1) is 11.2 Å². The Balaban J connectivity index is 1.62. The highest BCUT2D eigenvalue weighted by Gasteiger charge is 2.52. The van der Waals surface area contributed by atoms with Gasteiger partial charge in [-0.3, -0.25) is 4.79 Å². The highest BCUT2D eigenvalue weighted by Crippen LogP contribution is 2.36. The number of nitrogens with zero attached hydrogens (tertiary/aromatic N) is 4. The lowest BCUT2D eigenvalue weighted by molar-refractivity contribution is -0.134. The molecule has 2 atom stereocenters. The van der Waals surface area contributed by atoms with Crippen LogP contribution in [0.1, 0.15) is 82.1 Å². The Morgan fingerprint density at radius 2 is 1.74 bits per heavy atom. The molecule has 2 saturated heterocycles. The molecule has 2 aliphatic heterocycles. The number of alkyl carbamates (subject to hydrolysis) is 1. The molecule has 1 aromatic heterocycles. The molecule has 2 fully saturated rings. The van der Waals surface area contributed by atoms with E-state index in [-0.39, 0.29) is 17.9 Å². The number of hydrogen-bond acceptors (Lipinski definition) is 8. The SMILES string of the molecule is CC(NC(=O)OC(C)(C)C)C(=O)N1CCCC(CN(c2ncc(B3OC(C)(C)C(C)(C)O3)cn2)C(C)C)C1.